The second kappa shape index (κ2) is 6.77. The van der Waals surface area contributed by atoms with Crippen LogP contribution < -0.4 is 0 Å². The molecule has 128 valence electrons. The van der Waals surface area contributed by atoms with Gasteiger partial charge in [-0.15, -0.1) is 0 Å². The minimum absolute atomic E-state index is 0.103. The number of nitrogens with one attached hydrogen (secondary N) is 1. The van der Waals surface area contributed by atoms with Crippen LogP contribution in [0.2, 0.25) is 0 Å². The Morgan fingerprint density at radius 1 is 1.25 bits per heavy atom. The van der Waals surface area contributed by atoms with Crippen LogP contribution in [0.15, 0.2) is 30.3 Å². The fourth-order valence-corrected chi connectivity index (χ4v) is 3.43. The molecule has 0 spiro atoms. The highest BCUT2D eigenvalue weighted by atomic mass is 19.1. The number of aromatic nitrogens is 1. The zero-order valence-corrected chi connectivity index (χ0v) is 14.5. The minimum atomic E-state index is -0.209. The number of carbonyl (C=O) groups excluding carboxylic acids is 1. The smallest absolute Gasteiger partial charge is 0.256 e. The Bertz CT molecular complexity index is 723. The molecule has 0 unspecified atom stereocenters. The number of carbonyl (C=O) groups is 1. The minimum Gasteiger partial charge on any atom is -0.362 e. The van der Waals surface area contributed by atoms with Crippen molar-refractivity contribution in [2.45, 2.75) is 33.4 Å². The average Bonchev–Trinajstić information content (AvgIpc) is 2.88. The summed E-state index contributed by atoms with van der Waals surface area (Å²) in [6.07, 6.45) is 0. The fourth-order valence-electron chi connectivity index (χ4n) is 3.43. The van der Waals surface area contributed by atoms with Crippen molar-refractivity contribution in [1.29, 1.82) is 0 Å². The third kappa shape index (κ3) is 3.51. The van der Waals surface area contributed by atoms with Gasteiger partial charge in [0.2, 0.25) is 0 Å². The molecule has 1 atom stereocenters. The highest BCUT2D eigenvalue weighted by Gasteiger charge is 2.29. The van der Waals surface area contributed by atoms with Crippen LogP contribution >= 0.6 is 0 Å². The molecule has 0 bridgehead atoms. The Morgan fingerprint density at radius 2 is 1.96 bits per heavy atom. The molecule has 1 aliphatic heterocycles. The number of amides is 1. The number of halogens is 1. The van der Waals surface area contributed by atoms with E-state index in [4.69, 9.17) is 0 Å². The standard InChI is InChI=1S/C19H24FN3O/c1-13-10-18(15(3)21-13)19(24)23-9-8-22(11-14(23)2)12-16-4-6-17(20)7-5-16/h4-7,10,14,21H,8-9,11-12H2,1-3H3/t14-/m1/s1. The zero-order valence-electron chi connectivity index (χ0n) is 14.5. The summed E-state index contributed by atoms with van der Waals surface area (Å²) in [5.41, 5.74) is 3.81. The lowest BCUT2D eigenvalue weighted by Crippen LogP contribution is -2.53. The third-order valence-electron chi connectivity index (χ3n) is 4.67. The van der Waals surface area contributed by atoms with E-state index >= 15 is 0 Å². The van der Waals surface area contributed by atoms with Gasteiger partial charge in [-0.1, -0.05) is 12.1 Å². The molecule has 0 radical (unpaired) electrons. The molecule has 1 aliphatic rings. The number of nitrogens with zero attached hydrogens (tertiary/aromatic N) is 2. The predicted molar refractivity (Wildman–Crippen MR) is 92.4 cm³/mol. The van der Waals surface area contributed by atoms with Gasteiger partial charge >= 0.3 is 0 Å². The number of hydrogen-bond donors (Lipinski definition) is 1. The molecule has 1 saturated heterocycles. The Kier molecular flexibility index (Phi) is 4.71. The first-order valence-electron chi connectivity index (χ1n) is 8.38. The Hall–Kier alpha value is -2.14. The monoisotopic (exact) mass is 329 g/mol. The zero-order chi connectivity index (χ0) is 17.3. The third-order valence-corrected chi connectivity index (χ3v) is 4.67. The van der Waals surface area contributed by atoms with Crippen molar-refractivity contribution in [3.8, 4) is 0 Å². The molecule has 2 aromatic rings. The average molecular weight is 329 g/mol. The fraction of sp³-hybridized carbons (Fsp3) is 0.421. The van der Waals surface area contributed by atoms with Crippen LogP contribution in [0, 0.1) is 19.7 Å². The molecule has 4 nitrogen and oxygen atoms in total. The van der Waals surface area contributed by atoms with E-state index in [0.717, 1.165) is 42.1 Å². The SMILES string of the molecule is Cc1cc(C(=O)N2CCN(Cc3ccc(F)cc3)C[C@H]2C)c(C)[nH]1. The maximum absolute atomic E-state index is 13.0. The highest BCUT2D eigenvalue weighted by molar-refractivity contribution is 5.95. The summed E-state index contributed by atoms with van der Waals surface area (Å²) >= 11 is 0. The van der Waals surface area contributed by atoms with Crippen LogP contribution in [0.5, 0.6) is 0 Å². The molecule has 5 heteroatoms. The van der Waals surface area contributed by atoms with E-state index in [1.54, 1.807) is 0 Å². The molecule has 1 aromatic carbocycles. The molecule has 1 fully saturated rings. The Labute approximate surface area is 142 Å². The van der Waals surface area contributed by atoms with Crippen LogP contribution in [-0.2, 0) is 6.54 Å². The van der Waals surface area contributed by atoms with Crippen molar-refractivity contribution < 1.29 is 9.18 Å². The normalized spacial score (nSPS) is 18.8. The number of aryl methyl sites for hydroxylation is 2. The van der Waals surface area contributed by atoms with Crippen molar-refractivity contribution in [2.24, 2.45) is 0 Å². The van der Waals surface area contributed by atoms with Crippen LogP contribution in [0.25, 0.3) is 0 Å². The first-order valence-corrected chi connectivity index (χ1v) is 8.38. The Balaban J connectivity index is 1.63. The van der Waals surface area contributed by atoms with Crippen LogP contribution in [0.1, 0.15) is 34.2 Å². The summed E-state index contributed by atoms with van der Waals surface area (Å²) in [5, 5.41) is 0. The van der Waals surface area contributed by atoms with E-state index in [2.05, 4.69) is 16.8 Å². The van der Waals surface area contributed by atoms with Gasteiger partial charge in [0, 0.05) is 43.6 Å². The molecule has 24 heavy (non-hydrogen) atoms. The molecule has 1 N–H and O–H groups in total. The van der Waals surface area contributed by atoms with E-state index in [1.165, 1.54) is 12.1 Å². The molecular formula is C19H24FN3O. The molecule has 0 aliphatic carbocycles. The van der Waals surface area contributed by atoms with Crippen LogP contribution in [0.4, 0.5) is 4.39 Å². The number of hydrogen-bond acceptors (Lipinski definition) is 2. The maximum Gasteiger partial charge on any atom is 0.256 e. The van der Waals surface area contributed by atoms with Gasteiger partial charge in [0.05, 0.1) is 5.56 Å². The first kappa shape index (κ1) is 16.7. The van der Waals surface area contributed by atoms with Gasteiger partial charge in [-0.2, -0.15) is 0 Å². The van der Waals surface area contributed by atoms with Gasteiger partial charge in [0.25, 0.3) is 5.91 Å². The summed E-state index contributed by atoms with van der Waals surface area (Å²) in [4.78, 5) is 20.3. The summed E-state index contributed by atoms with van der Waals surface area (Å²) in [5.74, 6) is -0.106. The maximum atomic E-state index is 13.0. The van der Waals surface area contributed by atoms with Crippen molar-refractivity contribution in [3.63, 3.8) is 0 Å². The molecule has 0 saturated carbocycles. The lowest BCUT2D eigenvalue weighted by atomic mass is 10.1. The van der Waals surface area contributed by atoms with E-state index in [0.29, 0.717) is 6.54 Å². The summed E-state index contributed by atoms with van der Waals surface area (Å²) in [6.45, 7) is 9.15. The van der Waals surface area contributed by atoms with E-state index < -0.39 is 0 Å². The number of rotatable bonds is 3. The van der Waals surface area contributed by atoms with Gasteiger partial charge in [-0.25, -0.2) is 4.39 Å². The lowest BCUT2D eigenvalue weighted by molar-refractivity contribution is 0.0475. The number of piperazine rings is 1. The van der Waals surface area contributed by atoms with Crippen molar-refractivity contribution in [2.75, 3.05) is 19.6 Å². The molecule has 1 aromatic heterocycles. The van der Waals surface area contributed by atoms with Gasteiger partial charge in [0.1, 0.15) is 5.82 Å². The number of H-pyrrole nitrogens is 1. The van der Waals surface area contributed by atoms with Crippen molar-refractivity contribution >= 4 is 5.91 Å². The lowest BCUT2D eigenvalue weighted by Gasteiger charge is -2.40. The summed E-state index contributed by atoms with van der Waals surface area (Å²) in [6, 6.07) is 8.72. The quantitative estimate of drug-likeness (QED) is 0.940. The first-order chi connectivity index (χ1) is 11.4. The largest absolute Gasteiger partial charge is 0.362 e. The van der Waals surface area contributed by atoms with E-state index in [-0.39, 0.29) is 17.8 Å². The summed E-state index contributed by atoms with van der Waals surface area (Å²) < 4.78 is 13.0. The molecule has 3 rings (SSSR count). The van der Waals surface area contributed by atoms with E-state index in [1.807, 2.05) is 36.9 Å². The van der Waals surface area contributed by atoms with Gasteiger partial charge in [-0.3, -0.25) is 9.69 Å². The van der Waals surface area contributed by atoms with Crippen LogP contribution in [-0.4, -0.2) is 46.4 Å². The van der Waals surface area contributed by atoms with Crippen molar-refractivity contribution in [1.82, 2.24) is 14.8 Å². The van der Waals surface area contributed by atoms with Crippen LogP contribution in [0.3, 0.4) is 0 Å². The van der Waals surface area contributed by atoms with Gasteiger partial charge in [0.15, 0.2) is 0 Å². The van der Waals surface area contributed by atoms with Crippen molar-refractivity contribution in [3.05, 3.63) is 58.7 Å². The summed E-state index contributed by atoms with van der Waals surface area (Å²) in [7, 11) is 0. The highest BCUT2D eigenvalue weighted by Crippen LogP contribution is 2.19. The number of benzene rings is 1. The molecule has 2 heterocycles. The predicted octanol–water partition coefficient (Wildman–Crippen LogP) is 3.12. The molecule has 1 amide bonds. The van der Waals surface area contributed by atoms with E-state index in [9.17, 15) is 9.18 Å². The number of aromatic amines is 1. The van der Waals surface area contributed by atoms with Gasteiger partial charge < -0.3 is 9.88 Å². The Morgan fingerprint density at radius 3 is 2.54 bits per heavy atom. The van der Waals surface area contributed by atoms with Gasteiger partial charge in [-0.05, 0) is 44.5 Å². The second-order valence-corrected chi connectivity index (χ2v) is 6.70. The topological polar surface area (TPSA) is 39.3 Å². The second-order valence-electron chi connectivity index (χ2n) is 6.70. The molecular weight excluding hydrogens is 305 g/mol.